The van der Waals surface area contributed by atoms with Crippen LogP contribution in [-0.2, 0) is 0 Å². The Morgan fingerprint density at radius 3 is 2.31 bits per heavy atom. The highest BCUT2D eigenvalue weighted by molar-refractivity contribution is 6.07. The lowest BCUT2D eigenvalue weighted by Crippen LogP contribution is -1.98. The van der Waals surface area contributed by atoms with Crippen LogP contribution in [0.15, 0.2) is 36.4 Å². The van der Waals surface area contributed by atoms with Gasteiger partial charge in [0, 0.05) is 5.56 Å². The number of Topliss-reactive ketones (excluding diaryl/α,β-unsaturated/α-hetero) is 1. The van der Waals surface area contributed by atoms with Gasteiger partial charge in [0.1, 0.15) is 0 Å². The molecular weight excluding hydrogens is 162 g/mol. The minimum Gasteiger partial charge on any atom is -0.289 e. The molecule has 0 radical (unpaired) electrons. The van der Waals surface area contributed by atoms with Crippen molar-refractivity contribution in [1.29, 1.82) is 5.26 Å². The maximum Gasteiger partial charge on any atom is 0.188 e. The lowest BCUT2D eigenvalue weighted by Gasteiger charge is -1.98. The molecule has 2 heteroatoms. The van der Waals surface area contributed by atoms with Gasteiger partial charge in [0.05, 0.1) is 11.6 Å². The van der Waals surface area contributed by atoms with Crippen molar-refractivity contribution in [3.63, 3.8) is 0 Å². The van der Waals surface area contributed by atoms with Crippen LogP contribution in [0, 0.1) is 11.3 Å². The molecule has 0 saturated heterocycles. The van der Waals surface area contributed by atoms with E-state index >= 15 is 0 Å². The van der Waals surface area contributed by atoms with E-state index in [1.54, 1.807) is 31.2 Å². The summed E-state index contributed by atoms with van der Waals surface area (Å²) in [4.78, 5) is 11.4. The summed E-state index contributed by atoms with van der Waals surface area (Å²) in [5.74, 6) is -0.0792. The fourth-order valence-electron chi connectivity index (χ4n) is 0.943. The Labute approximate surface area is 77.1 Å². The van der Waals surface area contributed by atoms with E-state index in [1.165, 1.54) is 0 Å². The third-order valence-corrected chi connectivity index (χ3v) is 1.66. The molecule has 13 heavy (non-hydrogen) atoms. The zero-order chi connectivity index (χ0) is 9.84. The number of rotatable bonds is 2. The summed E-state index contributed by atoms with van der Waals surface area (Å²) >= 11 is 0. The number of hydrogen-bond acceptors (Lipinski definition) is 2. The zero-order valence-electron chi connectivity index (χ0n) is 7.37. The standard InChI is InChI=1S/C11H9NO/c1-8(2)11(13)10-5-3-9(7-12)4-6-10/h3-6H,1H2,2H3. The molecule has 0 bridgehead atoms. The van der Waals surface area contributed by atoms with E-state index in [4.69, 9.17) is 5.26 Å². The number of hydrogen-bond donors (Lipinski definition) is 0. The first-order valence-electron chi connectivity index (χ1n) is 3.85. The molecule has 0 fully saturated rings. The zero-order valence-corrected chi connectivity index (χ0v) is 7.37. The summed E-state index contributed by atoms with van der Waals surface area (Å²) in [7, 11) is 0. The maximum absolute atomic E-state index is 11.4. The van der Waals surface area contributed by atoms with E-state index in [-0.39, 0.29) is 5.78 Å². The highest BCUT2D eigenvalue weighted by Gasteiger charge is 2.04. The van der Waals surface area contributed by atoms with Crippen LogP contribution in [0.5, 0.6) is 0 Å². The topological polar surface area (TPSA) is 40.9 Å². The van der Waals surface area contributed by atoms with Crippen molar-refractivity contribution in [1.82, 2.24) is 0 Å². The van der Waals surface area contributed by atoms with Crippen LogP contribution in [0.3, 0.4) is 0 Å². The van der Waals surface area contributed by atoms with Gasteiger partial charge in [0.15, 0.2) is 5.78 Å². The molecule has 0 saturated carbocycles. The van der Waals surface area contributed by atoms with Crippen LogP contribution in [0.2, 0.25) is 0 Å². The third-order valence-electron chi connectivity index (χ3n) is 1.66. The maximum atomic E-state index is 11.4. The van der Waals surface area contributed by atoms with Crippen LogP contribution >= 0.6 is 0 Å². The Morgan fingerprint density at radius 2 is 1.92 bits per heavy atom. The summed E-state index contributed by atoms with van der Waals surface area (Å²) in [5.41, 5.74) is 1.63. The van der Waals surface area contributed by atoms with Crippen LogP contribution < -0.4 is 0 Å². The van der Waals surface area contributed by atoms with E-state index in [0.717, 1.165) is 0 Å². The Morgan fingerprint density at radius 1 is 1.38 bits per heavy atom. The van der Waals surface area contributed by atoms with Crippen molar-refractivity contribution < 1.29 is 4.79 Å². The fraction of sp³-hybridized carbons (Fsp3) is 0.0909. The predicted molar refractivity (Wildman–Crippen MR) is 50.3 cm³/mol. The van der Waals surface area contributed by atoms with Crippen molar-refractivity contribution in [2.45, 2.75) is 6.92 Å². The summed E-state index contributed by atoms with van der Waals surface area (Å²) < 4.78 is 0. The molecule has 0 atom stereocenters. The molecule has 0 N–H and O–H groups in total. The molecule has 0 spiro atoms. The molecule has 0 aromatic heterocycles. The van der Waals surface area contributed by atoms with Crippen LogP contribution in [0.25, 0.3) is 0 Å². The minimum atomic E-state index is -0.0792. The third kappa shape index (κ3) is 2.03. The lowest BCUT2D eigenvalue weighted by molar-refractivity contribution is 0.103. The second-order valence-electron chi connectivity index (χ2n) is 2.80. The first kappa shape index (κ1) is 9.21. The monoisotopic (exact) mass is 171 g/mol. The summed E-state index contributed by atoms with van der Waals surface area (Å²) in [6.45, 7) is 5.23. The van der Waals surface area contributed by atoms with Gasteiger partial charge >= 0.3 is 0 Å². The summed E-state index contributed by atoms with van der Waals surface area (Å²) in [6, 6.07) is 8.50. The highest BCUT2D eigenvalue weighted by Crippen LogP contribution is 2.07. The van der Waals surface area contributed by atoms with Crippen molar-refractivity contribution in [2.75, 3.05) is 0 Å². The number of carbonyl (C=O) groups is 1. The Balaban J connectivity index is 3.01. The van der Waals surface area contributed by atoms with Gasteiger partial charge in [-0.05, 0) is 36.8 Å². The van der Waals surface area contributed by atoms with E-state index in [0.29, 0.717) is 16.7 Å². The van der Waals surface area contributed by atoms with Gasteiger partial charge in [0.25, 0.3) is 0 Å². The van der Waals surface area contributed by atoms with Gasteiger partial charge in [-0.2, -0.15) is 5.26 Å². The summed E-state index contributed by atoms with van der Waals surface area (Å²) in [5, 5.41) is 8.52. The van der Waals surface area contributed by atoms with E-state index in [9.17, 15) is 4.79 Å². The number of ketones is 1. The quantitative estimate of drug-likeness (QED) is 0.506. The highest BCUT2D eigenvalue weighted by atomic mass is 16.1. The number of nitrogens with zero attached hydrogens (tertiary/aromatic N) is 1. The van der Waals surface area contributed by atoms with Gasteiger partial charge < -0.3 is 0 Å². The molecule has 2 nitrogen and oxygen atoms in total. The molecule has 0 amide bonds. The normalized spacial score (nSPS) is 8.92. The van der Waals surface area contributed by atoms with Crippen LogP contribution in [0.1, 0.15) is 22.8 Å². The van der Waals surface area contributed by atoms with Gasteiger partial charge in [0.2, 0.25) is 0 Å². The second kappa shape index (κ2) is 3.68. The van der Waals surface area contributed by atoms with E-state index < -0.39 is 0 Å². The lowest BCUT2D eigenvalue weighted by atomic mass is 10.0. The molecule has 1 aromatic rings. The number of allylic oxidation sites excluding steroid dienone is 1. The van der Waals surface area contributed by atoms with E-state index in [1.807, 2.05) is 6.07 Å². The molecular formula is C11H9NO. The average Bonchev–Trinajstić information content (AvgIpc) is 2.17. The molecule has 0 unspecified atom stereocenters. The molecule has 0 aliphatic carbocycles. The number of nitriles is 1. The molecule has 64 valence electrons. The van der Waals surface area contributed by atoms with Crippen molar-refractivity contribution >= 4 is 5.78 Å². The van der Waals surface area contributed by atoms with Gasteiger partial charge in [-0.25, -0.2) is 0 Å². The second-order valence-corrected chi connectivity index (χ2v) is 2.80. The Bertz CT molecular complexity index is 382. The van der Waals surface area contributed by atoms with Crippen LogP contribution in [0.4, 0.5) is 0 Å². The van der Waals surface area contributed by atoms with Gasteiger partial charge in [-0.3, -0.25) is 4.79 Å². The Kier molecular flexibility index (Phi) is 2.61. The largest absolute Gasteiger partial charge is 0.289 e. The van der Waals surface area contributed by atoms with Crippen molar-refractivity contribution in [2.24, 2.45) is 0 Å². The van der Waals surface area contributed by atoms with Crippen molar-refractivity contribution in [3.05, 3.63) is 47.5 Å². The molecule has 1 rings (SSSR count). The SMILES string of the molecule is C=C(C)C(=O)c1ccc(C#N)cc1. The molecule has 0 aliphatic rings. The minimum absolute atomic E-state index is 0.0792. The smallest absolute Gasteiger partial charge is 0.188 e. The van der Waals surface area contributed by atoms with Crippen LogP contribution in [-0.4, -0.2) is 5.78 Å². The van der Waals surface area contributed by atoms with E-state index in [2.05, 4.69) is 6.58 Å². The fourth-order valence-corrected chi connectivity index (χ4v) is 0.943. The summed E-state index contributed by atoms with van der Waals surface area (Å²) in [6.07, 6.45) is 0. The predicted octanol–water partition coefficient (Wildman–Crippen LogP) is 2.32. The number of carbonyl (C=O) groups excluding carboxylic acids is 1. The van der Waals surface area contributed by atoms with Gasteiger partial charge in [-0.15, -0.1) is 0 Å². The Hall–Kier alpha value is -1.88. The number of benzene rings is 1. The first-order chi connectivity index (χ1) is 6.15. The molecule has 0 heterocycles. The first-order valence-corrected chi connectivity index (χ1v) is 3.85. The van der Waals surface area contributed by atoms with Crippen molar-refractivity contribution in [3.8, 4) is 6.07 Å². The molecule has 0 aliphatic heterocycles. The van der Waals surface area contributed by atoms with Gasteiger partial charge in [-0.1, -0.05) is 6.58 Å². The molecule has 1 aromatic carbocycles. The average molecular weight is 171 g/mol.